The van der Waals surface area contributed by atoms with Gasteiger partial charge in [-0.05, 0) is 29.9 Å². The Labute approximate surface area is 94.7 Å². The van der Waals surface area contributed by atoms with Crippen LogP contribution in [0.5, 0.6) is 0 Å². The molecule has 0 fully saturated rings. The van der Waals surface area contributed by atoms with Crippen molar-refractivity contribution in [1.82, 2.24) is 9.55 Å². The Morgan fingerprint density at radius 3 is 3.07 bits per heavy atom. The Morgan fingerprint density at radius 1 is 1.53 bits per heavy atom. The van der Waals surface area contributed by atoms with Crippen molar-refractivity contribution in [3.05, 3.63) is 30.1 Å². The van der Waals surface area contributed by atoms with Gasteiger partial charge in [-0.1, -0.05) is 6.07 Å². The highest BCUT2D eigenvalue weighted by Crippen LogP contribution is 2.19. The molecule has 4 heteroatoms. The maximum Gasteiger partial charge on any atom is 0.0955 e. The minimum atomic E-state index is 0.0638. The number of hydrogen-bond donors (Lipinski definition) is 2. The number of thiol groups is 1. The summed E-state index contributed by atoms with van der Waals surface area (Å²) >= 11 is 4.19. The van der Waals surface area contributed by atoms with E-state index >= 15 is 0 Å². The molecule has 0 amide bonds. The van der Waals surface area contributed by atoms with E-state index < -0.39 is 0 Å². The summed E-state index contributed by atoms with van der Waals surface area (Å²) in [7, 11) is 1.99. The van der Waals surface area contributed by atoms with Crippen molar-refractivity contribution in [2.24, 2.45) is 12.8 Å². The minimum Gasteiger partial charge on any atom is -0.334 e. The third-order valence-electron chi connectivity index (χ3n) is 2.62. The van der Waals surface area contributed by atoms with Crippen LogP contribution in [0, 0.1) is 0 Å². The lowest BCUT2D eigenvalue weighted by molar-refractivity contribution is 0.707. The lowest BCUT2D eigenvalue weighted by Crippen LogP contribution is -2.10. The average Bonchev–Trinajstić information content (AvgIpc) is 2.60. The normalized spacial score (nSPS) is 13.3. The molecule has 1 unspecified atom stereocenters. The molecule has 0 aliphatic heterocycles. The second-order valence-electron chi connectivity index (χ2n) is 3.72. The zero-order valence-electron chi connectivity index (χ0n) is 8.72. The summed E-state index contributed by atoms with van der Waals surface area (Å²) in [5.41, 5.74) is 9.29. The van der Waals surface area contributed by atoms with Crippen LogP contribution in [0.15, 0.2) is 24.5 Å². The molecule has 1 heterocycles. The number of hydrogen-bond acceptors (Lipinski definition) is 3. The molecule has 0 aliphatic rings. The fourth-order valence-electron chi connectivity index (χ4n) is 1.69. The maximum atomic E-state index is 6.02. The first kappa shape index (κ1) is 10.5. The van der Waals surface area contributed by atoms with E-state index in [1.165, 1.54) is 0 Å². The third kappa shape index (κ3) is 2.01. The van der Waals surface area contributed by atoms with Gasteiger partial charge in [-0.3, -0.25) is 0 Å². The van der Waals surface area contributed by atoms with Gasteiger partial charge in [0.25, 0.3) is 0 Å². The van der Waals surface area contributed by atoms with E-state index in [2.05, 4.69) is 35.8 Å². The summed E-state index contributed by atoms with van der Waals surface area (Å²) in [5.74, 6) is 0.807. The number of aromatic nitrogens is 2. The Morgan fingerprint density at radius 2 is 2.33 bits per heavy atom. The lowest BCUT2D eigenvalue weighted by Gasteiger charge is -2.10. The molecule has 15 heavy (non-hydrogen) atoms. The van der Waals surface area contributed by atoms with Crippen LogP contribution in [0.2, 0.25) is 0 Å². The lowest BCUT2D eigenvalue weighted by atomic mass is 10.1. The molecule has 0 saturated heterocycles. The van der Waals surface area contributed by atoms with E-state index in [1.54, 1.807) is 0 Å². The van der Waals surface area contributed by atoms with Gasteiger partial charge in [0.05, 0.1) is 17.4 Å². The van der Waals surface area contributed by atoms with E-state index in [0.29, 0.717) is 0 Å². The summed E-state index contributed by atoms with van der Waals surface area (Å²) in [6.45, 7) is 0. The second-order valence-corrected chi connectivity index (χ2v) is 4.17. The van der Waals surface area contributed by atoms with Gasteiger partial charge < -0.3 is 10.3 Å². The van der Waals surface area contributed by atoms with Crippen LogP contribution in [-0.2, 0) is 7.05 Å². The number of fused-ring (bicyclic) bond motifs is 1. The van der Waals surface area contributed by atoms with Gasteiger partial charge in [-0.2, -0.15) is 12.6 Å². The average molecular weight is 221 g/mol. The van der Waals surface area contributed by atoms with Gasteiger partial charge in [-0.15, -0.1) is 0 Å². The van der Waals surface area contributed by atoms with Crippen LogP contribution in [0.1, 0.15) is 18.0 Å². The van der Waals surface area contributed by atoms with E-state index in [4.69, 9.17) is 5.73 Å². The van der Waals surface area contributed by atoms with E-state index in [0.717, 1.165) is 28.8 Å². The molecule has 1 aromatic heterocycles. The number of imidazole rings is 1. The molecule has 80 valence electrons. The molecule has 0 aliphatic carbocycles. The van der Waals surface area contributed by atoms with Crippen LogP contribution in [0.3, 0.4) is 0 Å². The molecule has 2 N–H and O–H groups in total. The number of nitrogens with two attached hydrogens (primary N) is 1. The highest BCUT2D eigenvalue weighted by atomic mass is 32.1. The molecule has 2 rings (SSSR count). The molecular formula is C11H15N3S. The second kappa shape index (κ2) is 4.24. The van der Waals surface area contributed by atoms with Crippen molar-refractivity contribution in [2.45, 2.75) is 12.5 Å². The van der Waals surface area contributed by atoms with E-state index in [1.807, 2.05) is 17.9 Å². The Balaban J connectivity index is 2.38. The molecule has 1 aromatic carbocycles. The summed E-state index contributed by atoms with van der Waals surface area (Å²) in [5, 5.41) is 0. The fraction of sp³-hybridized carbons (Fsp3) is 0.364. The number of rotatable bonds is 3. The molecular weight excluding hydrogens is 206 g/mol. The first-order valence-corrected chi connectivity index (χ1v) is 5.63. The molecule has 3 nitrogen and oxygen atoms in total. The predicted molar refractivity (Wildman–Crippen MR) is 66.1 cm³/mol. The number of benzene rings is 1. The van der Waals surface area contributed by atoms with Crippen molar-refractivity contribution in [1.29, 1.82) is 0 Å². The quantitative estimate of drug-likeness (QED) is 0.777. The van der Waals surface area contributed by atoms with Gasteiger partial charge in [0.2, 0.25) is 0 Å². The van der Waals surface area contributed by atoms with Crippen LogP contribution in [-0.4, -0.2) is 15.3 Å². The van der Waals surface area contributed by atoms with Gasteiger partial charge in [0.1, 0.15) is 0 Å². The minimum absolute atomic E-state index is 0.0638. The Hall–Kier alpha value is -1.00. The van der Waals surface area contributed by atoms with Gasteiger partial charge in [-0.25, -0.2) is 4.98 Å². The van der Waals surface area contributed by atoms with Gasteiger partial charge in [0, 0.05) is 13.1 Å². The van der Waals surface area contributed by atoms with E-state index in [-0.39, 0.29) is 6.04 Å². The van der Waals surface area contributed by atoms with Gasteiger partial charge in [0.15, 0.2) is 0 Å². The highest BCUT2D eigenvalue weighted by molar-refractivity contribution is 7.80. The summed E-state index contributed by atoms with van der Waals surface area (Å²) in [6, 6.07) is 6.26. The van der Waals surface area contributed by atoms with Crippen LogP contribution in [0.25, 0.3) is 11.0 Å². The zero-order valence-corrected chi connectivity index (χ0v) is 9.61. The van der Waals surface area contributed by atoms with Gasteiger partial charge >= 0.3 is 0 Å². The molecule has 0 bridgehead atoms. The highest BCUT2D eigenvalue weighted by Gasteiger charge is 2.07. The SMILES string of the molecule is Cn1cnc2cc(C(N)CCS)ccc21. The van der Waals surface area contributed by atoms with Crippen molar-refractivity contribution in [3.8, 4) is 0 Å². The molecule has 1 atom stereocenters. The van der Waals surface area contributed by atoms with Crippen molar-refractivity contribution in [2.75, 3.05) is 5.75 Å². The number of aryl methyl sites for hydroxylation is 1. The van der Waals surface area contributed by atoms with Crippen LogP contribution >= 0.6 is 12.6 Å². The number of nitrogens with zero attached hydrogens (tertiary/aromatic N) is 2. The molecule has 2 aromatic rings. The van der Waals surface area contributed by atoms with Crippen LogP contribution < -0.4 is 5.73 Å². The summed E-state index contributed by atoms with van der Waals surface area (Å²) < 4.78 is 2.00. The standard InChI is InChI=1S/C11H15N3S/c1-14-7-13-10-6-8(2-3-11(10)14)9(12)4-5-15/h2-3,6-7,9,15H,4-5,12H2,1H3. The Kier molecular flexibility index (Phi) is 2.98. The summed E-state index contributed by atoms with van der Waals surface area (Å²) in [4.78, 5) is 4.31. The summed E-state index contributed by atoms with van der Waals surface area (Å²) in [6.07, 6.45) is 2.71. The predicted octanol–water partition coefficient (Wildman–Crippen LogP) is 1.89. The molecule has 0 spiro atoms. The molecule has 0 radical (unpaired) electrons. The maximum absolute atomic E-state index is 6.02. The van der Waals surface area contributed by atoms with Crippen LogP contribution in [0.4, 0.5) is 0 Å². The first-order valence-electron chi connectivity index (χ1n) is 5.00. The third-order valence-corrected chi connectivity index (χ3v) is 2.88. The molecule has 0 saturated carbocycles. The van der Waals surface area contributed by atoms with Crippen molar-refractivity contribution >= 4 is 23.7 Å². The first-order chi connectivity index (χ1) is 7.22. The fourth-order valence-corrected chi connectivity index (χ4v) is 1.97. The van der Waals surface area contributed by atoms with Crippen molar-refractivity contribution in [3.63, 3.8) is 0 Å². The topological polar surface area (TPSA) is 43.8 Å². The van der Waals surface area contributed by atoms with E-state index in [9.17, 15) is 0 Å². The van der Waals surface area contributed by atoms with Crippen molar-refractivity contribution < 1.29 is 0 Å². The largest absolute Gasteiger partial charge is 0.334 e. The zero-order chi connectivity index (χ0) is 10.8. The smallest absolute Gasteiger partial charge is 0.0955 e. The monoisotopic (exact) mass is 221 g/mol. The Bertz CT molecular complexity index is 464.